The first kappa shape index (κ1) is 17.2. The Morgan fingerprint density at radius 3 is 2.73 bits per heavy atom. The quantitative estimate of drug-likeness (QED) is 0.711. The number of thiazole rings is 1. The lowest BCUT2D eigenvalue weighted by Gasteiger charge is -2.17. The van der Waals surface area contributed by atoms with E-state index in [1.807, 2.05) is 29.6 Å². The summed E-state index contributed by atoms with van der Waals surface area (Å²) in [6.07, 6.45) is 4.60. The molecule has 3 aromatic rings. The van der Waals surface area contributed by atoms with Crippen LogP contribution in [0.25, 0.3) is 0 Å². The summed E-state index contributed by atoms with van der Waals surface area (Å²) in [5.74, 6) is 2.04. The average Bonchev–Trinajstić information content (AvgIpc) is 3.37. The molecule has 1 aromatic carbocycles. The van der Waals surface area contributed by atoms with Crippen molar-refractivity contribution in [1.29, 1.82) is 0 Å². The molecule has 2 N–H and O–H groups in total. The van der Waals surface area contributed by atoms with E-state index in [2.05, 4.69) is 22.0 Å². The number of benzene rings is 1. The van der Waals surface area contributed by atoms with Gasteiger partial charge in [-0.05, 0) is 31.9 Å². The third-order valence-corrected chi connectivity index (χ3v) is 5.60. The standard InChI is InChI=1S/C19H22N4O2S/c1-13-4-6-15(7-5-13)24-11-17-21-14(12-26-17)10-16-22-18(23-25-16)19(20)8-2-3-9-19/h4-7,12H,2-3,8-11,20H2,1H3. The minimum absolute atomic E-state index is 0.420. The van der Waals surface area contributed by atoms with Crippen LogP contribution in [-0.4, -0.2) is 15.1 Å². The predicted molar refractivity (Wildman–Crippen MR) is 99.1 cm³/mol. The second kappa shape index (κ2) is 7.17. The number of nitrogens with two attached hydrogens (primary N) is 1. The smallest absolute Gasteiger partial charge is 0.232 e. The van der Waals surface area contributed by atoms with Gasteiger partial charge in [0, 0.05) is 5.38 Å². The molecule has 0 saturated heterocycles. The summed E-state index contributed by atoms with van der Waals surface area (Å²) in [7, 11) is 0. The zero-order valence-electron chi connectivity index (χ0n) is 14.8. The Kier molecular flexibility index (Phi) is 4.74. The Hall–Kier alpha value is -2.25. The molecule has 0 aliphatic heterocycles. The summed E-state index contributed by atoms with van der Waals surface area (Å²) in [6, 6.07) is 8.00. The lowest BCUT2D eigenvalue weighted by molar-refractivity contribution is 0.305. The van der Waals surface area contributed by atoms with Crippen molar-refractivity contribution in [3.63, 3.8) is 0 Å². The molecule has 0 spiro atoms. The van der Waals surface area contributed by atoms with Crippen molar-refractivity contribution in [2.45, 2.75) is 51.2 Å². The Morgan fingerprint density at radius 1 is 1.19 bits per heavy atom. The second-order valence-electron chi connectivity index (χ2n) is 6.89. The van der Waals surface area contributed by atoms with E-state index in [0.29, 0.717) is 24.7 Å². The number of hydrogen-bond acceptors (Lipinski definition) is 7. The van der Waals surface area contributed by atoms with Crippen LogP contribution in [0.4, 0.5) is 0 Å². The number of rotatable bonds is 6. The van der Waals surface area contributed by atoms with Crippen molar-refractivity contribution < 1.29 is 9.26 Å². The first-order chi connectivity index (χ1) is 12.6. The Balaban J connectivity index is 1.36. The molecule has 136 valence electrons. The summed E-state index contributed by atoms with van der Waals surface area (Å²) in [4.78, 5) is 9.10. The van der Waals surface area contributed by atoms with E-state index in [1.165, 1.54) is 5.56 Å². The second-order valence-corrected chi connectivity index (χ2v) is 7.83. The molecule has 0 radical (unpaired) electrons. The number of ether oxygens (including phenoxy) is 1. The average molecular weight is 370 g/mol. The van der Waals surface area contributed by atoms with Crippen LogP contribution in [0, 0.1) is 6.92 Å². The molecule has 1 saturated carbocycles. The summed E-state index contributed by atoms with van der Waals surface area (Å²) >= 11 is 1.57. The minimum Gasteiger partial charge on any atom is -0.486 e. The fourth-order valence-corrected chi connectivity index (χ4v) is 3.89. The molecule has 6 nitrogen and oxygen atoms in total. The molecule has 2 aromatic heterocycles. The summed E-state index contributed by atoms with van der Waals surface area (Å²) in [5, 5.41) is 7.02. The highest BCUT2D eigenvalue weighted by atomic mass is 32.1. The zero-order valence-corrected chi connectivity index (χ0v) is 15.6. The molecular formula is C19H22N4O2S. The fraction of sp³-hybridized carbons (Fsp3) is 0.421. The zero-order chi connectivity index (χ0) is 18.0. The van der Waals surface area contributed by atoms with E-state index in [-0.39, 0.29) is 0 Å². The Morgan fingerprint density at radius 2 is 1.96 bits per heavy atom. The number of hydrogen-bond donors (Lipinski definition) is 1. The lowest BCUT2D eigenvalue weighted by Crippen LogP contribution is -2.34. The van der Waals surface area contributed by atoms with Crippen LogP contribution in [-0.2, 0) is 18.6 Å². The van der Waals surface area contributed by atoms with E-state index >= 15 is 0 Å². The molecule has 0 atom stereocenters. The van der Waals surface area contributed by atoms with Gasteiger partial charge in [0.25, 0.3) is 0 Å². The van der Waals surface area contributed by atoms with E-state index in [4.69, 9.17) is 15.0 Å². The molecule has 2 heterocycles. The Bertz CT molecular complexity index is 866. The molecule has 1 fully saturated rings. The maximum absolute atomic E-state index is 6.38. The van der Waals surface area contributed by atoms with E-state index in [0.717, 1.165) is 42.1 Å². The summed E-state index contributed by atoms with van der Waals surface area (Å²) < 4.78 is 11.2. The van der Waals surface area contributed by atoms with Crippen LogP contribution >= 0.6 is 11.3 Å². The highest BCUT2D eigenvalue weighted by molar-refractivity contribution is 7.09. The van der Waals surface area contributed by atoms with Crippen molar-refractivity contribution in [1.82, 2.24) is 15.1 Å². The summed E-state index contributed by atoms with van der Waals surface area (Å²) in [6.45, 7) is 2.51. The van der Waals surface area contributed by atoms with Gasteiger partial charge >= 0.3 is 0 Å². The minimum atomic E-state index is -0.420. The third-order valence-electron chi connectivity index (χ3n) is 4.72. The van der Waals surface area contributed by atoms with Gasteiger partial charge in [0.2, 0.25) is 5.89 Å². The normalized spacial score (nSPS) is 16.1. The van der Waals surface area contributed by atoms with Gasteiger partial charge in [0.1, 0.15) is 17.4 Å². The van der Waals surface area contributed by atoms with Gasteiger partial charge in [-0.1, -0.05) is 35.7 Å². The van der Waals surface area contributed by atoms with Gasteiger partial charge in [-0.2, -0.15) is 4.98 Å². The van der Waals surface area contributed by atoms with Crippen molar-refractivity contribution in [2.24, 2.45) is 5.73 Å². The van der Waals surface area contributed by atoms with Crippen LogP contribution in [0.3, 0.4) is 0 Å². The van der Waals surface area contributed by atoms with Crippen molar-refractivity contribution in [2.75, 3.05) is 0 Å². The third kappa shape index (κ3) is 3.78. The fourth-order valence-electron chi connectivity index (χ4n) is 3.19. The first-order valence-corrected chi connectivity index (χ1v) is 9.73. The van der Waals surface area contributed by atoms with Gasteiger partial charge in [0.05, 0.1) is 17.7 Å². The molecule has 0 unspecified atom stereocenters. The molecule has 7 heteroatoms. The van der Waals surface area contributed by atoms with Crippen LogP contribution in [0.1, 0.15) is 53.7 Å². The number of aryl methyl sites for hydroxylation is 1. The molecule has 0 bridgehead atoms. The van der Waals surface area contributed by atoms with Crippen LogP contribution in [0.15, 0.2) is 34.2 Å². The van der Waals surface area contributed by atoms with Gasteiger partial charge in [-0.15, -0.1) is 11.3 Å². The van der Waals surface area contributed by atoms with Crippen LogP contribution in [0.5, 0.6) is 5.75 Å². The topological polar surface area (TPSA) is 87.1 Å². The largest absolute Gasteiger partial charge is 0.486 e. The predicted octanol–water partition coefficient (Wildman–Crippen LogP) is 3.73. The van der Waals surface area contributed by atoms with Crippen LogP contribution < -0.4 is 10.5 Å². The highest BCUT2D eigenvalue weighted by Gasteiger charge is 2.35. The van der Waals surface area contributed by atoms with Crippen molar-refractivity contribution in [3.8, 4) is 5.75 Å². The van der Waals surface area contributed by atoms with E-state index in [1.54, 1.807) is 11.3 Å². The lowest BCUT2D eigenvalue weighted by atomic mass is 9.99. The van der Waals surface area contributed by atoms with E-state index < -0.39 is 5.54 Å². The van der Waals surface area contributed by atoms with Gasteiger partial charge in [0.15, 0.2) is 5.82 Å². The highest BCUT2D eigenvalue weighted by Crippen LogP contribution is 2.34. The van der Waals surface area contributed by atoms with Crippen molar-refractivity contribution >= 4 is 11.3 Å². The SMILES string of the molecule is Cc1ccc(OCc2nc(Cc3nc(C4(N)CCCC4)no3)cs2)cc1. The molecule has 1 aliphatic rings. The molecule has 26 heavy (non-hydrogen) atoms. The van der Waals surface area contributed by atoms with Crippen LogP contribution in [0.2, 0.25) is 0 Å². The molecule has 4 rings (SSSR count). The number of nitrogens with zero attached hydrogens (tertiary/aromatic N) is 3. The maximum atomic E-state index is 6.38. The van der Waals surface area contributed by atoms with Crippen molar-refractivity contribution in [3.05, 3.63) is 57.6 Å². The van der Waals surface area contributed by atoms with Gasteiger partial charge < -0.3 is 15.0 Å². The van der Waals surface area contributed by atoms with E-state index in [9.17, 15) is 0 Å². The monoisotopic (exact) mass is 370 g/mol. The molecular weight excluding hydrogens is 348 g/mol. The Labute approximate surface area is 156 Å². The number of aromatic nitrogens is 3. The van der Waals surface area contributed by atoms with Gasteiger partial charge in [-0.3, -0.25) is 0 Å². The van der Waals surface area contributed by atoms with Gasteiger partial charge in [-0.25, -0.2) is 4.98 Å². The molecule has 1 aliphatic carbocycles. The summed E-state index contributed by atoms with van der Waals surface area (Å²) in [5.41, 5.74) is 8.08. The maximum Gasteiger partial charge on any atom is 0.232 e. The molecule has 0 amide bonds. The first-order valence-electron chi connectivity index (χ1n) is 8.85.